The van der Waals surface area contributed by atoms with Crippen LogP contribution in [0.15, 0.2) is 48.5 Å². The Morgan fingerprint density at radius 2 is 1.63 bits per heavy atom. The van der Waals surface area contributed by atoms with Crippen LogP contribution < -0.4 is 5.32 Å². The highest BCUT2D eigenvalue weighted by Crippen LogP contribution is 2.16. The molecule has 0 aliphatic carbocycles. The van der Waals surface area contributed by atoms with Crippen LogP contribution in [-0.4, -0.2) is 28.3 Å². The maximum Gasteiger partial charge on any atom is 0.342 e. The minimum absolute atomic E-state index is 0.333. The maximum absolute atomic E-state index is 12.5. The van der Waals surface area contributed by atoms with Crippen LogP contribution in [0.25, 0.3) is 0 Å². The first-order chi connectivity index (χ1) is 14.3. The molecule has 0 spiro atoms. The summed E-state index contributed by atoms with van der Waals surface area (Å²) in [5.74, 6) is -0.928. The molecule has 1 amide bonds. The number of hydrogen-bond donors (Lipinski definition) is 1. The van der Waals surface area contributed by atoms with E-state index in [9.17, 15) is 9.59 Å². The maximum atomic E-state index is 12.5. The molecule has 0 saturated carbocycles. The van der Waals surface area contributed by atoms with Gasteiger partial charge >= 0.3 is 5.97 Å². The smallest absolute Gasteiger partial charge is 0.342 e. The molecule has 0 radical (unpaired) electrons. The first-order valence-electron chi connectivity index (χ1n) is 9.61. The molecule has 6 nitrogen and oxygen atoms in total. The number of nitrogens with zero attached hydrogens (tertiary/aromatic N) is 2. The van der Waals surface area contributed by atoms with Crippen LogP contribution in [0.2, 0.25) is 5.02 Å². The SMILES string of the molecule is Cc1ccc(Cn2nc(C)c(C(=O)OCC(=O)NCc3ccc(Cl)cc3)c2C)cc1. The van der Waals surface area contributed by atoms with Crippen LogP contribution in [0.4, 0.5) is 0 Å². The number of carbonyl (C=O) groups excluding carboxylic acids is 2. The molecule has 7 heteroatoms. The Bertz CT molecular complexity index is 1040. The van der Waals surface area contributed by atoms with Crippen LogP contribution in [0.1, 0.15) is 38.4 Å². The standard InChI is InChI=1S/C23H24ClN3O3/c1-15-4-6-19(7-5-15)13-27-17(3)22(16(2)26-27)23(29)30-14-21(28)25-12-18-8-10-20(24)11-9-18/h4-11H,12-14H2,1-3H3,(H,25,28). The summed E-state index contributed by atoms with van der Waals surface area (Å²) in [5, 5.41) is 7.81. The molecule has 0 saturated heterocycles. The van der Waals surface area contributed by atoms with Crippen LogP contribution in [0.5, 0.6) is 0 Å². The molecule has 30 heavy (non-hydrogen) atoms. The molecule has 3 rings (SSSR count). The lowest BCUT2D eigenvalue weighted by atomic mass is 10.1. The number of amides is 1. The van der Waals surface area contributed by atoms with Crippen molar-refractivity contribution in [1.29, 1.82) is 0 Å². The molecule has 3 aromatic rings. The molecular weight excluding hydrogens is 402 g/mol. The predicted molar refractivity (Wildman–Crippen MR) is 116 cm³/mol. The monoisotopic (exact) mass is 425 g/mol. The molecule has 156 valence electrons. The molecule has 0 aliphatic heterocycles. The Morgan fingerprint density at radius 3 is 2.30 bits per heavy atom. The van der Waals surface area contributed by atoms with E-state index in [-0.39, 0.29) is 12.5 Å². The van der Waals surface area contributed by atoms with E-state index in [2.05, 4.69) is 10.4 Å². The van der Waals surface area contributed by atoms with Crippen molar-refractivity contribution in [2.24, 2.45) is 0 Å². The lowest BCUT2D eigenvalue weighted by Gasteiger charge is -2.08. The second-order valence-electron chi connectivity index (χ2n) is 7.17. The van der Waals surface area contributed by atoms with Crippen LogP contribution >= 0.6 is 11.6 Å². The quantitative estimate of drug-likeness (QED) is 0.581. The normalized spacial score (nSPS) is 10.7. The summed E-state index contributed by atoms with van der Waals surface area (Å²) in [4.78, 5) is 24.6. The highest BCUT2D eigenvalue weighted by Gasteiger charge is 2.21. The van der Waals surface area contributed by atoms with E-state index in [1.165, 1.54) is 5.56 Å². The fourth-order valence-corrected chi connectivity index (χ4v) is 3.20. The lowest BCUT2D eigenvalue weighted by molar-refractivity contribution is -0.124. The average Bonchev–Trinajstić information content (AvgIpc) is 3.00. The largest absolute Gasteiger partial charge is 0.452 e. The van der Waals surface area contributed by atoms with Gasteiger partial charge in [0.05, 0.1) is 17.9 Å². The van der Waals surface area contributed by atoms with E-state index in [1.807, 2.05) is 50.2 Å². The molecular formula is C23H24ClN3O3. The van der Waals surface area contributed by atoms with Gasteiger partial charge < -0.3 is 10.1 Å². The Labute approximate surface area is 180 Å². The minimum atomic E-state index is -0.554. The van der Waals surface area contributed by atoms with Gasteiger partial charge in [-0.25, -0.2) is 4.79 Å². The van der Waals surface area contributed by atoms with Gasteiger partial charge in [-0.3, -0.25) is 9.48 Å². The summed E-state index contributed by atoms with van der Waals surface area (Å²) in [6.45, 7) is 6.16. The van der Waals surface area contributed by atoms with Gasteiger partial charge in [-0.05, 0) is 44.0 Å². The lowest BCUT2D eigenvalue weighted by Crippen LogP contribution is -2.28. The summed E-state index contributed by atoms with van der Waals surface area (Å²) in [6, 6.07) is 15.3. The van der Waals surface area contributed by atoms with E-state index in [0.717, 1.165) is 11.1 Å². The van der Waals surface area contributed by atoms with E-state index in [4.69, 9.17) is 16.3 Å². The zero-order chi connectivity index (χ0) is 21.7. The molecule has 0 atom stereocenters. The van der Waals surface area contributed by atoms with Crippen LogP contribution in [-0.2, 0) is 22.6 Å². The average molecular weight is 426 g/mol. The van der Waals surface area contributed by atoms with Gasteiger partial charge in [0.15, 0.2) is 6.61 Å². The topological polar surface area (TPSA) is 73.2 Å². The van der Waals surface area contributed by atoms with Gasteiger partial charge in [-0.15, -0.1) is 0 Å². The van der Waals surface area contributed by atoms with Crippen molar-refractivity contribution in [1.82, 2.24) is 15.1 Å². The number of esters is 1. The first kappa shape index (κ1) is 21.6. The number of rotatable bonds is 7. The Balaban J connectivity index is 1.57. The summed E-state index contributed by atoms with van der Waals surface area (Å²) in [6.07, 6.45) is 0. The molecule has 1 heterocycles. The molecule has 2 aromatic carbocycles. The summed E-state index contributed by atoms with van der Waals surface area (Å²) < 4.78 is 6.99. The van der Waals surface area contributed by atoms with Crippen molar-refractivity contribution >= 4 is 23.5 Å². The second-order valence-corrected chi connectivity index (χ2v) is 7.60. The minimum Gasteiger partial charge on any atom is -0.452 e. The highest BCUT2D eigenvalue weighted by atomic mass is 35.5. The second kappa shape index (κ2) is 9.59. The molecule has 0 aliphatic rings. The molecule has 1 N–H and O–H groups in total. The van der Waals surface area contributed by atoms with Gasteiger partial charge in [0, 0.05) is 11.6 Å². The van der Waals surface area contributed by atoms with Crippen LogP contribution in [0, 0.1) is 20.8 Å². The molecule has 0 bridgehead atoms. The Morgan fingerprint density at radius 1 is 1.00 bits per heavy atom. The third-order valence-corrected chi connectivity index (χ3v) is 5.03. The zero-order valence-corrected chi connectivity index (χ0v) is 18.0. The number of nitrogens with one attached hydrogen (secondary N) is 1. The van der Waals surface area contributed by atoms with E-state index < -0.39 is 5.97 Å². The Kier molecular flexibility index (Phi) is 6.90. The van der Waals surface area contributed by atoms with E-state index in [0.29, 0.717) is 35.1 Å². The van der Waals surface area contributed by atoms with E-state index >= 15 is 0 Å². The van der Waals surface area contributed by atoms with Gasteiger partial charge in [-0.1, -0.05) is 53.6 Å². The Hall–Kier alpha value is -3.12. The van der Waals surface area contributed by atoms with Gasteiger partial charge in [0.1, 0.15) is 5.56 Å². The number of benzene rings is 2. The van der Waals surface area contributed by atoms with Crippen molar-refractivity contribution in [3.8, 4) is 0 Å². The van der Waals surface area contributed by atoms with Crippen molar-refractivity contribution in [2.75, 3.05) is 6.61 Å². The van der Waals surface area contributed by atoms with E-state index in [1.54, 1.807) is 23.7 Å². The summed E-state index contributed by atoms with van der Waals surface area (Å²) >= 11 is 5.84. The number of halogens is 1. The van der Waals surface area contributed by atoms with Crippen molar-refractivity contribution < 1.29 is 14.3 Å². The van der Waals surface area contributed by atoms with Gasteiger partial charge in [-0.2, -0.15) is 5.10 Å². The fourth-order valence-electron chi connectivity index (χ4n) is 3.07. The molecule has 0 unspecified atom stereocenters. The van der Waals surface area contributed by atoms with Crippen LogP contribution in [0.3, 0.4) is 0 Å². The first-order valence-corrected chi connectivity index (χ1v) is 9.99. The number of aromatic nitrogens is 2. The van der Waals surface area contributed by atoms with Gasteiger partial charge in [0.25, 0.3) is 5.91 Å². The number of aryl methyl sites for hydroxylation is 2. The predicted octanol–water partition coefficient (Wildman–Crippen LogP) is 3.98. The highest BCUT2D eigenvalue weighted by molar-refractivity contribution is 6.30. The third-order valence-electron chi connectivity index (χ3n) is 4.78. The van der Waals surface area contributed by atoms with Crippen molar-refractivity contribution in [3.05, 3.63) is 87.2 Å². The van der Waals surface area contributed by atoms with Gasteiger partial charge in [0.2, 0.25) is 0 Å². The summed E-state index contributed by atoms with van der Waals surface area (Å²) in [7, 11) is 0. The van der Waals surface area contributed by atoms with Crippen molar-refractivity contribution in [3.63, 3.8) is 0 Å². The third kappa shape index (κ3) is 5.48. The molecule has 0 fully saturated rings. The number of ether oxygens (including phenoxy) is 1. The fraction of sp³-hybridized carbons (Fsp3) is 0.261. The number of hydrogen-bond acceptors (Lipinski definition) is 4. The van der Waals surface area contributed by atoms with Crippen molar-refractivity contribution in [2.45, 2.75) is 33.9 Å². The molecule has 1 aromatic heterocycles. The summed E-state index contributed by atoms with van der Waals surface area (Å²) in [5.41, 5.74) is 4.86. The zero-order valence-electron chi connectivity index (χ0n) is 17.2. The number of carbonyl (C=O) groups is 2.